The molecule has 0 spiro atoms. The Morgan fingerprint density at radius 3 is 2.78 bits per heavy atom. The largest absolute Gasteiger partial charge is 0.455 e. The maximum atomic E-state index is 8.43. The van der Waals surface area contributed by atoms with Crippen LogP contribution in [0.3, 0.4) is 0 Å². The van der Waals surface area contributed by atoms with E-state index in [-0.39, 0.29) is 5.69 Å². The fourth-order valence-corrected chi connectivity index (χ4v) is 1.71. The Kier molecular flexibility index (Phi) is 3.89. The summed E-state index contributed by atoms with van der Waals surface area (Å²) in [6, 6.07) is 6.42. The van der Waals surface area contributed by atoms with E-state index < -0.39 is 0 Å². The number of azide groups is 1. The first-order valence-corrected chi connectivity index (χ1v) is 5.58. The molecule has 0 amide bonds. The molecule has 0 N–H and O–H groups in total. The molecule has 18 heavy (non-hydrogen) atoms. The zero-order valence-electron chi connectivity index (χ0n) is 8.92. The van der Waals surface area contributed by atoms with Gasteiger partial charge in [0.05, 0.1) is 10.7 Å². The van der Waals surface area contributed by atoms with Gasteiger partial charge in [-0.15, -0.1) is 0 Å². The van der Waals surface area contributed by atoms with Gasteiger partial charge in [-0.2, -0.15) is 0 Å². The van der Waals surface area contributed by atoms with Crippen molar-refractivity contribution in [2.45, 2.75) is 0 Å². The first-order valence-electron chi connectivity index (χ1n) is 4.82. The van der Waals surface area contributed by atoms with Gasteiger partial charge in [0.15, 0.2) is 0 Å². The minimum Gasteiger partial charge on any atom is -0.455 e. The second-order valence-electron chi connectivity index (χ2n) is 3.21. The van der Waals surface area contributed by atoms with Crippen molar-refractivity contribution in [1.82, 2.24) is 4.98 Å². The number of ether oxygens (including phenoxy) is 1. The van der Waals surface area contributed by atoms with Gasteiger partial charge in [0.25, 0.3) is 0 Å². The van der Waals surface area contributed by atoms with Gasteiger partial charge in [-0.05, 0) is 29.8 Å². The first-order chi connectivity index (χ1) is 8.70. The molecular formula is C11H6Cl2N4O. The second-order valence-corrected chi connectivity index (χ2v) is 4.05. The van der Waals surface area contributed by atoms with Gasteiger partial charge < -0.3 is 4.74 Å². The van der Waals surface area contributed by atoms with Crippen molar-refractivity contribution in [3.8, 4) is 11.5 Å². The van der Waals surface area contributed by atoms with E-state index >= 15 is 0 Å². The lowest BCUT2D eigenvalue weighted by molar-refractivity contribution is 0.483. The van der Waals surface area contributed by atoms with Crippen LogP contribution < -0.4 is 4.74 Å². The van der Waals surface area contributed by atoms with Crippen LogP contribution in [0.1, 0.15) is 0 Å². The molecule has 0 saturated carbocycles. The van der Waals surface area contributed by atoms with Crippen LogP contribution in [0.2, 0.25) is 10.0 Å². The fraction of sp³-hybridized carbons (Fsp3) is 0. The molecule has 90 valence electrons. The lowest BCUT2D eigenvalue weighted by Gasteiger charge is -2.09. The van der Waals surface area contributed by atoms with E-state index in [0.717, 1.165) is 0 Å². The number of rotatable bonds is 3. The highest BCUT2D eigenvalue weighted by atomic mass is 35.5. The summed E-state index contributed by atoms with van der Waals surface area (Å²) in [7, 11) is 0. The molecule has 0 aliphatic heterocycles. The van der Waals surface area contributed by atoms with E-state index in [0.29, 0.717) is 21.5 Å². The molecule has 0 radical (unpaired) electrons. The van der Waals surface area contributed by atoms with E-state index in [2.05, 4.69) is 15.0 Å². The van der Waals surface area contributed by atoms with Crippen LogP contribution in [0.4, 0.5) is 5.69 Å². The van der Waals surface area contributed by atoms with Crippen molar-refractivity contribution in [2.24, 2.45) is 5.11 Å². The number of halogens is 2. The molecule has 0 saturated heterocycles. The smallest absolute Gasteiger partial charge is 0.146 e. The average molecular weight is 281 g/mol. The molecular weight excluding hydrogens is 275 g/mol. The molecule has 0 aliphatic rings. The summed E-state index contributed by atoms with van der Waals surface area (Å²) in [5.41, 5.74) is 8.72. The monoisotopic (exact) mass is 280 g/mol. The van der Waals surface area contributed by atoms with E-state index in [1.165, 1.54) is 12.4 Å². The molecule has 5 nitrogen and oxygen atoms in total. The summed E-state index contributed by atoms with van der Waals surface area (Å²) in [4.78, 5) is 6.54. The lowest BCUT2D eigenvalue weighted by atomic mass is 10.3. The van der Waals surface area contributed by atoms with Crippen molar-refractivity contribution < 1.29 is 4.74 Å². The van der Waals surface area contributed by atoms with Crippen LogP contribution in [-0.4, -0.2) is 4.98 Å². The molecule has 0 fully saturated rings. The van der Waals surface area contributed by atoms with Crippen molar-refractivity contribution in [3.63, 3.8) is 0 Å². The topological polar surface area (TPSA) is 70.9 Å². The third-order valence-corrected chi connectivity index (χ3v) is 2.56. The summed E-state index contributed by atoms with van der Waals surface area (Å²) in [5.74, 6) is 0.786. The van der Waals surface area contributed by atoms with Gasteiger partial charge in [-0.3, -0.25) is 4.98 Å². The quantitative estimate of drug-likeness (QED) is 0.445. The molecule has 0 aliphatic carbocycles. The highest BCUT2D eigenvalue weighted by Gasteiger charge is 2.07. The minimum absolute atomic E-state index is 0.283. The van der Waals surface area contributed by atoms with Gasteiger partial charge in [0.2, 0.25) is 0 Å². The van der Waals surface area contributed by atoms with E-state index in [9.17, 15) is 0 Å². The summed E-state index contributed by atoms with van der Waals surface area (Å²) in [5, 5.41) is 4.35. The second kappa shape index (κ2) is 5.60. The van der Waals surface area contributed by atoms with Crippen LogP contribution in [0.15, 0.2) is 41.8 Å². The van der Waals surface area contributed by atoms with Crippen molar-refractivity contribution >= 4 is 28.9 Å². The summed E-state index contributed by atoms with van der Waals surface area (Å²) in [6.07, 6.45) is 2.93. The molecule has 0 unspecified atom stereocenters. The molecule has 2 rings (SSSR count). The molecule has 2 aromatic rings. The van der Waals surface area contributed by atoms with Crippen LogP contribution >= 0.6 is 23.2 Å². The fourth-order valence-electron chi connectivity index (χ4n) is 1.26. The summed E-state index contributed by atoms with van der Waals surface area (Å²) >= 11 is 11.8. The minimum atomic E-state index is 0.283. The number of pyridine rings is 1. The van der Waals surface area contributed by atoms with Crippen LogP contribution in [-0.2, 0) is 0 Å². The van der Waals surface area contributed by atoms with E-state index in [1.807, 2.05) is 0 Å². The third kappa shape index (κ3) is 2.84. The SMILES string of the molecule is [N-]=[N+]=Nc1cnccc1Oc1ccc(Cl)cc1Cl. The molecule has 7 heteroatoms. The highest BCUT2D eigenvalue weighted by Crippen LogP contribution is 2.35. The first kappa shape index (κ1) is 12.5. The Balaban J connectivity index is 2.36. The van der Waals surface area contributed by atoms with Crippen molar-refractivity contribution in [3.05, 3.63) is 57.1 Å². The summed E-state index contributed by atoms with van der Waals surface area (Å²) < 4.78 is 5.55. The zero-order chi connectivity index (χ0) is 13.0. The molecule has 1 aromatic carbocycles. The maximum Gasteiger partial charge on any atom is 0.146 e. The Morgan fingerprint density at radius 2 is 2.06 bits per heavy atom. The number of aromatic nitrogens is 1. The highest BCUT2D eigenvalue weighted by molar-refractivity contribution is 6.35. The number of hydrogen-bond acceptors (Lipinski definition) is 3. The average Bonchev–Trinajstić information content (AvgIpc) is 2.35. The lowest BCUT2D eigenvalue weighted by Crippen LogP contribution is -1.86. The van der Waals surface area contributed by atoms with Crippen LogP contribution in [0, 0.1) is 0 Å². The molecule has 0 bridgehead atoms. The number of nitrogens with zero attached hydrogens (tertiary/aromatic N) is 4. The van der Waals surface area contributed by atoms with Gasteiger partial charge in [0, 0.05) is 22.3 Å². The normalized spacial score (nSPS) is 9.67. The predicted octanol–water partition coefficient (Wildman–Crippen LogP) is 5.12. The van der Waals surface area contributed by atoms with Crippen molar-refractivity contribution in [2.75, 3.05) is 0 Å². The Labute approximate surface area is 113 Å². The number of benzene rings is 1. The predicted molar refractivity (Wildman–Crippen MR) is 69.6 cm³/mol. The van der Waals surface area contributed by atoms with Crippen LogP contribution in [0.5, 0.6) is 11.5 Å². The Hall–Kier alpha value is -1.94. The maximum absolute atomic E-state index is 8.43. The van der Waals surface area contributed by atoms with E-state index in [1.54, 1.807) is 24.3 Å². The van der Waals surface area contributed by atoms with Crippen LogP contribution in [0.25, 0.3) is 10.4 Å². The zero-order valence-corrected chi connectivity index (χ0v) is 10.4. The van der Waals surface area contributed by atoms with Gasteiger partial charge in [-0.25, -0.2) is 0 Å². The van der Waals surface area contributed by atoms with Gasteiger partial charge >= 0.3 is 0 Å². The van der Waals surface area contributed by atoms with Gasteiger partial charge in [0.1, 0.15) is 11.5 Å². The Morgan fingerprint density at radius 1 is 1.22 bits per heavy atom. The Bertz CT molecular complexity index is 626. The molecule has 0 atom stereocenters. The number of hydrogen-bond donors (Lipinski definition) is 0. The summed E-state index contributed by atoms with van der Waals surface area (Å²) in [6.45, 7) is 0. The van der Waals surface area contributed by atoms with E-state index in [4.69, 9.17) is 33.5 Å². The van der Waals surface area contributed by atoms with Crippen molar-refractivity contribution in [1.29, 1.82) is 0 Å². The third-order valence-electron chi connectivity index (χ3n) is 2.03. The standard InChI is InChI=1S/C11H6Cl2N4O/c12-7-1-2-10(8(13)5-7)18-11-3-4-15-6-9(11)16-17-14/h1-6H. The molecule has 1 aromatic heterocycles. The van der Waals surface area contributed by atoms with Gasteiger partial charge in [-0.1, -0.05) is 28.3 Å². The molecule has 1 heterocycles.